The van der Waals surface area contributed by atoms with Crippen LogP contribution in [-0.2, 0) is 6.54 Å². The second-order valence-electron chi connectivity index (χ2n) is 7.62. The van der Waals surface area contributed by atoms with E-state index < -0.39 is 6.43 Å². The lowest BCUT2D eigenvalue weighted by Crippen LogP contribution is -2.46. The highest BCUT2D eigenvalue weighted by Crippen LogP contribution is 2.39. The second kappa shape index (κ2) is 7.29. The topological polar surface area (TPSA) is 58.3 Å². The molecule has 0 bridgehead atoms. The Morgan fingerprint density at radius 3 is 2.59 bits per heavy atom. The fourth-order valence-corrected chi connectivity index (χ4v) is 3.69. The molecule has 1 aromatic carbocycles. The van der Waals surface area contributed by atoms with Crippen molar-refractivity contribution in [2.45, 2.75) is 31.7 Å². The van der Waals surface area contributed by atoms with E-state index in [1.54, 1.807) is 6.07 Å². The molecule has 152 valence electrons. The molecule has 1 aliphatic carbocycles. The Balaban J connectivity index is 1.28. The minimum atomic E-state index is -2.60. The maximum absolute atomic E-state index is 13.3. The van der Waals surface area contributed by atoms with Gasteiger partial charge in [0.05, 0.1) is 0 Å². The lowest BCUT2D eigenvalue weighted by molar-refractivity contribution is 0.145. The zero-order valence-electron chi connectivity index (χ0n) is 15.7. The number of hydrogen-bond donors (Lipinski definition) is 0. The average molecular weight is 403 g/mol. The van der Waals surface area contributed by atoms with E-state index >= 15 is 0 Å². The Bertz CT molecular complexity index is 1010. The molecule has 9 heteroatoms. The van der Waals surface area contributed by atoms with Crippen molar-refractivity contribution in [3.63, 3.8) is 0 Å². The van der Waals surface area contributed by atoms with Crippen molar-refractivity contribution < 1.29 is 17.7 Å². The number of piperazine rings is 1. The van der Waals surface area contributed by atoms with Crippen LogP contribution in [-0.4, -0.2) is 46.2 Å². The number of rotatable bonds is 5. The molecule has 0 amide bonds. The lowest BCUT2D eigenvalue weighted by atomic mass is 10.2. The van der Waals surface area contributed by atoms with E-state index in [9.17, 15) is 13.2 Å². The monoisotopic (exact) mass is 403 g/mol. The molecule has 0 unspecified atom stereocenters. The minimum absolute atomic E-state index is 0.194. The quantitative estimate of drug-likeness (QED) is 0.644. The van der Waals surface area contributed by atoms with E-state index in [0.29, 0.717) is 36.9 Å². The molecule has 1 saturated carbocycles. The van der Waals surface area contributed by atoms with E-state index in [-0.39, 0.29) is 17.4 Å². The Morgan fingerprint density at radius 1 is 1.07 bits per heavy atom. The van der Waals surface area contributed by atoms with Gasteiger partial charge in [0.25, 0.3) is 6.43 Å². The Morgan fingerprint density at radius 2 is 1.86 bits per heavy atom. The van der Waals surface area contributed by atoms with Crippen LogP contribution in [0.4, 0.5) is 19.0 Å². The van der Waals surface area contributed by atoms with Gasteiger partial charge in [-0.15, -0.1) is 0 Å². The first-order valence-electron chi connectivity index (χ1n) is 9.75. The molecule has 5 rings (SSSR count). The number of benzene rings is 1. The van der Waals surface area contributed by atoms with Crippen molar-refractivity contribution in [3.05, 3.63) is 47.3 Å². The smallest absolute Gasteiger partial charge is 0.280 e. The number of anilines is 1. The van der Waals surface area contributed by atoms with Crippen molar-refractivity contribution in [1.29, 1.82) is 0 Å². The van der Waals surface area contributed by atoms with Crippen molar-refractivity contribution in [3.8, 4) is 0 Å². The summed E-state index contributed by atoms with van der Waals surface area (Å²) in [4.78, 5) is 12.8. The van der Waals surface area contributed by atoms with Gasteiger partial charge in [-0.3, -0.25) is 4.90 Å². The van der Waals surface area contributed by atoms with E-state index in [0.717, 1.165) is 37.0 Å². The van der Waals surface area contributed by atoms with Crippen molar-refractivity contribution in [2.75, 3.05) is 31.1 Å². The summed E-state index contributed by atoms with van der Waals surface area (Å²) in [5.74, 6) is 0.993. The van der Waals surface area contributed by atoms with Crippen LogP contribution in [0.15, 0.2) is 28.8 Å². The van der Waals surface area contributed by atoms with Crippen LogP contribution < -0.4 is 4.90 Å². The van der Waals surface area contributed by atoms with Crippen LogP contribution in [0.2, 0.25) is 0 Å². The lowest BCUT2D eigenvalue weighted by Gasteiger charge is -2.35. The van der Waals surface area contributed by atoms with Gasteiger partial charge in [0, 0.05) is 56.2 Å². The van der Waals surface area contributed by atoms with E-state index in [1.165, 1.54) is 18.2 Å². The van der Waals surface area contributed by atoms with Gasteiger partial charge in [0.15, 0.2) is 5.58 Å². The van der Waals surface area contributed by atoms with Crippen LogP contribution in [0.5, 0.6) is 0 Å². The predicted octanol–water partition coefficient (Wildman–Crippen LogP) is 3.89. The van der Waals surface area contributed by atoms with Gasteiger partial charge in [0.2, 0.25) is 0 Å². The SMILES string of the molecule is Fc1ccc2c(CN3CCN(c4cc(C(F)F)nc(C5CC5)n4)CC3)noc2c1. The molecule has 0 N–H and O–H groups in total. The average Bonchev–Trinajstić information content (AvgIpc) is 3.51. The fraction of sp³-hybridized carbons (Fsp3) is 0.450. The van der Waals surface area contributed by atoms with Crippen LogP contribution in [0.3, 0.4) is 0 Å². The molecule has 1 aliphatic heterocycles. The van der Waals surface area contributed by atoms with Crippen LogP contribution >= 0.6 is 0 Å². The van der Waals surface area contributed by atoms with Crippen molar-refractivity contribution in [1.82, 2.24) is 20.0 Å². The largest absolute Gasteiger partial charge is 0.356 e. The maximum atomic E-state index is 13.3. The molecule has 0 spiro atoms. The van der Waals surface area contributed by atoms with E-state index in [1.807, 2.05) is 4.90 Å². The molecular weight excluding hydrogens is 383 g/mol. The Hall–Kier alpha value is -2.68. The van der Waals surface area contributed by atoms with Crippen molar-refractivity contribution >= 4 is 16.8 Å². The molecule has 2 aromatic heterocycles. The third-order valence-corrected chi connectivity index (χ3v) is 5.49. The zero-order chi connectivity index (χ0) is 20.0. The molecule has 2 fully saturated rings. The third kappa shape index (κ3) is 3.78. The third-order valence-electron chi connectivity index (χ3n) is 5.49. The molecule has 0 atom stereocenters. The Labute approximate surface area is 165 Å². The Kier molecular flexibility index (Phi) is 4.61. The molecule has 0 radical (unpaired) electrons. The van der Waals surface area contributed by atoms with Crippen LogP contribution in [0, 0.1) is 5.82 Å². The number of nitrogens with zero attached hydrogens (tertiary/aromatic N) is 5. The number of fused-ring (bicyclic) bond motifs is 1. The normalized spacial score (nSPS) is 18.1. The van der Waals surface area contributed by atoms with Crippen LogP contribution in [0.1, 0.15) is 42.4 Å². The highest BCUT2D eigenvalue weighted by atomic mass is 19.3. The summed E-state index contributed by atoms with van der Waals surface area (Å²) in [6.45, 7) is 3.42. The van der Waals surface area contributed by atoms with Gasteiger partial charge < -0.3 is 9.42 Å². The number of alkyl halides is 2. The zero-order valence-corrected chi connectivity index (χ0v) is 15.7. The minimum Gasteiger partial charge on any atom is -0.356 e. The van der Waals surface area contributed by atoms with Gasteiger partial charge in [-0.25, -0.2) is 23.1 Å². The van der Waals surface area contributed by atoms with Gasteiger partial charge in [-0.05, 0) is 25.0 Å². The molecule has 29 heavy (non-hydrogen) atoms. The molecule has 3 aromatic rings. The summed E-state index contributed by atoms with van der Waals surface area (Å²) in [5, 5.41) is 4.88. The maximum Gasteiger partial charge on any atom is 0.280 e. The van der Waals surface area contributed by atoms with Crippen molar-refractivity contribution in [2.24, 2.45) is 0 Å². The summed E-state index contributed by atoms with van der Waals surface area (Å²) >= 11 is 0. The van der Waals surface area contributed by atoms with E-state index in [2.05, 4.69) is 20.0 Å². The van der Waals surface area contributed by atoms with Gasteiger partial charge >= 0.3 is 0 Å². The summed E-state index contributed by atoms with van der Waals surface area (Å²) in [6, 6.07) is 5.82. The molecule has 1 saturated heterocycles. The highest BCUT2D eigenvalue weighted by molar-refractivity contribution is 5.79. The second-order valence-corrected chi connectivity index (χ2v) is 7.62. The summed E-state index contributed by atoms with van der Waals surface area (Å²) < 4.78 is 45.0. The number of aromatic nitrogens is 3. The molecule has 3 heterocycles. The number of hydrogen-bond acceptors (Lipinski definition) is 6. The van der Waals surface area contributed by atoms with Gasteiger partial charge in [0.1, 0.15) is 28.8 Å². The first-order chi connectivity index (χ1) is 14.1. The first kappa shape index (κ1) is 18.4. The van der Waals surface area contributed by atoms with Gasteiger partial charge in [-0.1, -0.05) is 5.16 Å². The highest BCUT2D eigenvalue weighted by Gasteiger charge is 2.30. The first-order valence-corrected chi connectivity index (χ1v) is 9.75. The van der Waals surface area contributed by atoms with Gasteiger partial charge in [-0.2, -0.15) is 0 Å². The standard InChI is InChI=1S/C20H20F3N5O/c21-13-3-4-14-16(26-29-17(14)9-13)11-27-5-7-28(8-6-27)18-10-15(19(22)23)24-20(25-18)12-1-2-12/h3-4,9-10,12,19H,1-2,5-8,11H2. The molecule has 2 aliphatic rings. The van der Waals surface area contributed by atoms with E-state index in [4.69, 9.17) is 4.52 Å². The fourth-order valence-electron chi connectivity index (χ4n) is 3.69. The van der Waals surface area contributed by atoms with Crippen LogP contribution in [0.25, 0.3) is 11.0 Å². The summed E-state index contributed by atoms with van der Waals surface area (Å²) in [7, 11) is 0. The predicted molar refractivity (Wildman–Crippen MR) is 100 cm³/mol. The summed E-state index contributed by atoms with van der Waals surface area (Å²) in [6.07, 6.45) is -0.661. The number of halogens is 3. The summed E-state index contributed by atoms with van der Waals surface area (Å²) in [5.41, 5.74) is 1.01. The molecular formula is C20H20F3N5O. The molecule has 6 nitrogen and oxygen atoms in total.